The topological polar surface area (TPSA) is 102 Å². The molecule has 0 heterocycles. The highest BCUT2D eigenvalue weighted by molar-refractivity contribution is 7.98. The summed E-state index contributed by atoms with van der Waals surface area (Å²) in [4.78, 5) is 24.9. The number of amides is 1. The maximum Gasteiger partial charge on any atom is 0.324 e. The van der Waals surface area contributed by atoms with Crippen molar-refractivity contribution in [3.05, 3.63) is 53.6 Å². The van der Waals surface area contributed by atoms with Gasteiger partial charge in [0.2, 0.25) is 10.0 Å². The SMILES string of the molecule is CSc1ccc(NC(=O)COC(=O)[C@H](C)NS(=O)(=O)c2ccc(Cl)cc2)cc1. The van der Waals surface area contributed by atoms with Crippen LogP contribution in [0.25, 0.3) is 0 Å². The zero-order valence-corrected chi connectivity index (χ0v) is 17.5. The van der Waals surface area contributed by atoms with Crippen LogP contribution in [0.3, 0.4) is 0 Å². The highest BCUT2D eigenvalue weighted by Crippen LogP contribution is 2.17. The molecule has 10 heteroatoms. The summed E-state index contributed by atoms with van der Waals surface area (Å²) in [6.07, 6.45) is 1.94. The van der Waals surface area contributed by atoms with Crippen molar-refractivity contribution in [2.75, 3.05) is 18.2 Å². The van der Waals surface area contributed by atoms with Crippen molar-refractivity contribution in [2.45, 2.75) is 22.8 Å². The van der Waals surface area contributed by atoms with Crippen LogP contribution in [0.5, 0.6) is 0 Å². The molecule has 2 rings (SSSR count). The zero-order valence-electron chi connectivity index (χ0n) is 15.1. The molecule has 2 aromatic carbocycles. The second-order valence-corrected chi connectivity index (χ2v) is 8.71. The minimum atomic E-state index is -3.93. The molecule has 0 saturated carbocycles. The molecule has 7 nitrogen and oxygen atoms in total. The molecule has 0 aliphatic rings. The molecule has 2 aromatic rings. The van der Waals surface area contributed by atoms with E-state index in [9.17, 15) is 18.0 Å². The van der Waals surface area contributed by atoms with Crippen LogP contribution in [-0.4, -0.2) is 39.2 Å². The molecule has 0 aliphatic heterocycles. The molecule has 150 valence electrons. The molecular formula is C18H19ClN2O5S2. The number of hydrogen-bond donors (Lipinski definition) is 2. The normalized spacial score (nSPS) is 12.2. The Morgan fingerprint density at radius 2 is 1.71 bits per heavy atom. The second kappa shape index (κ2) is 9.92. The first kappa shape index (κ1) is 22.2. The van der Waals surface area contributed by atoms with Gasteiger partial charge in [-0.2, -0.15) is 4.72 Å². The molecule has 0 unspecified atom stereocenters. The Bertz CT molecular complexity index is 931. The molecule has 2 N–H and O–H groups in total. The number of ether oxygens (including phenoxy) is 1. The highest BCUT2D eigenvalue weighted by atomic mass is 35.5. The lowest BCUT2D eigenvalue weighted by atomic mass is 10.3. The second-order valence-electron chi connectivity index (χ2n) is 5.68. The summed E-state index contributed by atoms with van der Waals surface area (Å²) in [5, 5.41) is 2.98. The molecular weight excluding hydrogens is 424 g/mol. The quantitative estimate of drug-likeness (QED) is 0.481. The minimum absolute atomic E-state index is 0.0389. The van der Waals surface area contributed by atoms with E-state index in [1.54, 1.807) is 23.9 Å². The van der Waals surface area contributed by atoms with Gasteiger partial charge in [0.05, 0.1) is 4.90 Å². The number of hydrogen-bond acceptors (Lipinski definition) is 6. The number of esters is 1. The van der Waals surface area contributed by atoms with E-state index in [4.69, 9.17) is 16.3 Å². The van der Waals surface area contributed by atoms with E-state index in [-0.39, 0.29) is 4.90 Å². The predicted octanol–water partition coefficient (Wildman–Crippen LogP) is 2.91. The van der Waals surface area contributed by atoms with Crippen molar-refractivity contribution in [1.82, 2.24) is 4.72 Å². The lowest BCUT2D eigenvalue weighted by molar-refractivity contribution is -0.148. The average molecular weight is 443 g/mol. The molecule has 0 aromatic heterocycles. The minimum Gasteiger partial charge on any atom is -0.454 e. The third-order valence-electron chi connectivity index (χ3n) is 3.53. The molecule has 0 spiro atoms. The Balaban J connectivity index is 1.85. The van der Waals surface area contributed by atoms with Crippen LogP contribution in [-0.2, 0) is 24.3 Å². The highest BCUT2D eigenvalue weighted by Gasteiger charge is 2.23. The van der Waals surface area contributed by atoms with Gasteiger partial charge in [0, 0.05) is 15.6 Å². The Hall–Kier alpha value is -2.07. The zero-order chi connectivity index (χ0) is 20.7. The number of rotatable bonds is 8. The number of carbonyl (C=O) groups is 2. The molecule has 1 atom stereocenters. The summed E-state index contributed by atoms with van der Waals surface area (Å²) in [6, 6.07) is 11.5. The summed E-state index contributed by atoms with van der Waals surface area (Å²) in [5.74, 6) is -1.40. The monoisotopic (exact) mass is 442 g/mol. The Kier molecular flexibility index (Phi) is 7.88. The van der Waals surface area contributed by atoms with Crippen molar-refractivity contribution < 1.29 is 22.7 Å². The fraction of sp³-hybridized carbons (Fsp3) is 0.222. The van der Waals surface area contributed by atoms with Gasteiger partial charge in [0.15, 0.2) is 6.61 Å². The summed E-state index contributed by atoms with van der Waals surface area (Å²) in [7, 11) is -3.93. The number of nitrogens with one attached hydrogen (secondary N) is 2. The molecule has 28 heavy (non-hydrogen) atoms. The van der Waals surface area contributed by atoms with Gasteiger partial charge < -0.3 is 10.1 Å². The molecule has 0 bridgehead atoms. The first-order valence-electron chi connectivity index (χ1n) is 8.09. The van der Waals surface area contributed by atoms with Crippen LogP contribution in [0.1, 0.15) is 6.92 Å². The van der Waals surface area contributed by atoms with Crippen molar-refractivity contribution in [1.29, 1.82) is 0 Å². The Morgan fingerprint density at radius 3 is 2.29 bits per heavy atom. The van der Waals surface area contributed by atoms with Gasteiger partial charge >= 0.3 is 5.97 Å². The maximum absolute atomic E-state index is 12.2. The van der Waals surface area contributed by atoms with Crippen molar-refractivity contribution in [3.8, 4) is 0 Å². The van der Waals surface area contributed by atoms with E-state index in [1.165, 1.54) is 31.2 Å². The van der Waals surface area contributed by atoms with Crippen LogP contribution < -0.4 is 10.0 Å². The van der Waals surface area contributed by atoms with Gasteiger partial charge in [0.1, 0.15) is 6.04 Å². The van der Waals surface area contributed by atoms with E-state index in [0.29, 0.717) is 10.7 Å². The fourth-order valence-electron chi connectivity index (χ4n) is 2.10. The summed E-state index contributed by atoms with van der Waals surface area (Å²) in [5.41, 5.74) is 0.565. The molecule has 0 aliphatic carbocycles. The predicted molar refractivity (Wildman–Crippen MR) is 109 cm³/mol. The number of sulfonamides is 1. The summed E-state index contributed by atoms with van der Waals surface area (Å²) >= 11 is 7.31. The third-order valence-corrected chi connectivity index (χ3v) is 6.08. The van der Waals surface area contributed by atoms with Gasteiger partial charge in [-0.3, -0.25) is 9.59 Å². The summed E-state index contributed by atoms with van der Waals surface area (Å²) in [6.45, 7) is 0.797. The van der Waals surface area contributed by atoms with E-state index >= 15 is 0 Å². The number of anilines is 1. The first-order chi connectivity index (χ1) is 13.2. The van der Waals surface area contributed by atoms with E-state index < -0.39 is 34.5 Å². The average Bonchev–Trinajstić information content (AvgIpc) is 2.66. The van der Waals surface area contributed by atoms with E-state index in [0.717, 1.165) is 4.90 Å². The summed E-state index contributed by atoms with van der Waals surface area (Å²) < 4.78 is 31.6. The van der Waals surface area contributed by atoms with Gasteiger partial charge in [-0.25, -0.2) is 8.42 Å². The standard InChI is InChI=1S/C18H19ClN2O5S2/c1-12(21-28(24,25)16-9-3-13(19)4-10-16)18(23)26-11-17(22)20-14-5-7-15(27-2)8-6-14/h3-10,12,21H,11H2,1-2H3,(H,20,22)/t12-/m0/s1. The van der Waals surface area contributed by atoms with Gasteiger partial charge in [-0.15, -0.1) is 11.8 Å². The first-order valence-corrected chi connectivity index (χ1v) is 11.2. The lowest BCUT2D eigenvalue weighted by Gasteiger charge is -2.14. The smallest absolute Gasteiger partial charge is 0.324 e. The Morgan fingerprint density at radius 1 is 1.11 bits per heavy atom. The van der Waals surface area contributed by atoms with Crippen molar-refractivity contribution in [3.63, 3.8) is 0 Å². The third kappa shape index (κ3) is 6.52. The molecule has 0 radical (unpaired) electrons. The fourth-order valence-corrected chi connectivity index (χ4v) is 3.82. The molecule has 0 fully saturated rings. The van der Waals surface area contributed by atoms with Crippen LogP contribution in [0.2, 0.25) is 5.02 Å². The lowest BCUT2D eigenvalue weighted by Crippen LogP contribution is -2.40. The molecule has 0 saturated heterocycles. The van der Waals surface area contributed by atoms with Crippen LogP contribution >= 0.6 is 23.4 Å². The van der Waals surface area contributed by atoms with Gasteiger partial charge in [-0.1, -0.05) is 11.6 Å². The van der Waals surface area contributed by atoms with Crippen LogP contribution in [0, 0.1) is 0 Å². The van der Waals surface area contributed by atoms with Crippen LogP contribution in [0.15, 0.2) is 58.3 Å². The number of carbonyl (C=O) groups excluding carboxylic acids is 2. The van der Waals surface area contributed by atoms with E-state index in [1.807, 2.05) is 18.4 Å². The van der Waals surface area contributed by atoms with Crippen LogP contribution in [0.4, 0.5) is 5.69 Å². The van der Waals surface area contributed by atoms with E-state index in [2.05, 4.69) is 10.0 Å². The van der Waals surface area contributed by atoms with Crippen molar-refractivity contribution in [2.24, 2.45) is 0 Å². The van der Waals surface area contributed by atoms with Gasteiger partial charge in [-0.05, 0) is 61.7 Å². The van der Waals surface area contributed by atoms with Crippen molar-refractivity contribution >= 4 is 50.9 Å². The number of halogens is 1. The number of benzene rings is 2. The maximum atomic E-state index is 12.2. The Labute approximate surface area is 172 Å². The number of thioether (sulfide) groups is 1. The van der Waals surface area contributed by atoms with Gasteiger partial charge in [0.25, 0.3) is 5.91 Å². The largest absolute Gasteiger partial charge is 0.454 e. The molecule has 1 amide bonds.